The molecule has 10 heteroatoms. The molecular formula is C19H16ClN5O4. The first kappa shape index (κ1) is 20.0. The van der Waals surface area contributed by atoms with Crippen LogP contribution in [0.4, 0.5) is 0 Å². The minimum absolute atomic E-state index is 0.0915. The predicted molar refractivity (Wildman–Crippen MR) is 108 cm³/mol. The molecule has 0 aliphatic heterocycles. The van der Waals surface area contributed by atoms with E-state index in [-0.39, 0.29) is 17.7 Å². The topological polar surface area (TPSA) is 129 Å². The molecule has 3 aromatic rings. The van der Waals surface area contributed by atoms with Gasteiger partial charge in [-0.05, 0) is 42.8 Å². The summed E-state index contributed by atoms with van der Waals surface area (Å²) in [5.41, 5.74) is 1.18. The number of rotatable bonds is 5. The number of amides is 1. The molecule has 0 bridgehead atoms. The van der Waals surface area contributed by atoms with Crippen LogP contribution in [0.5, 0.6) is 5.88 Å². The highest BCUT2D eigenvalue weighted by Gasteiger charge is 2.20. The monoisotopic (exact) mass is 413 g/mol. The Morgan fingerprint density at radius 3 is 2.48 bits per heavy atom. The standard InChI is InChI=1S/C19H16ClN5O4/c1-2-14(23-24-16(26)11-7-9-21-10-8-11)15-17(27)22-19(29)25(18(15)28)13-5-3-12(20)4-6-13/h3-10,28H,2H2,1H3,(H,24,26)(H,22,27,29)/b23-14+. The van der Waals surface area contributed by atoms with Crippen molar-refractivity contribution in [1.82, 2.24) is 20.0 Å². The van der Waals surface area contributed by atoms with Crippen molar-refractivity contribution in [2.45, 2.75) is 13.3 Å². The summed E-state index contributed by atoms with van der Waals surface area (Å²) in [5.74, 6) is -1.11. The maximum Gasteiger partial charge on any atom is 0.335 e. The van der Waals surface area contributed by atoms with Gasteiger partial charge in [0.05, 0.1) is 11.4 Å². The first-order valence-electron chi connectivity index (χ1n) is 8.54. The fraction of sp³-hybridized carbons (Fsp3) is 0.105. The molecule has 0 atom stereocenters. The van der Waals surface area contributed by atoms with Gasteiger partial charge in [-0.15, -0.1) is 0 Å². The summed E-state index contributed by atoms with van der Waals surface area (Å²) >= 11 is 5.86. The Kier molecular flexibility index (Phi) is 5.89. The van der Waals surface area contributed by atoms with Crippen molar-refractivity contribution < 1.29 is 9.90 Å². The van der Waals surface area contributed by atoms with Crippen LogP contribution in [-0.2, 0) is 0 Å². The smallest absolute Gasteiger partial charge is 0.335 e. The Hall–Kier alpha value is -3.72. The number of aromatic amines is 1. The van der Waals surface area contributed by atoms with Gasteiger partial charge >= 0.3 is 5.69 Å². The summed E-state index contributed by atoms with van der Waals surface area (Å²) in [6, 6.07) is 9.11. The van der Waals surface area contributed by atoms with E-state index in [0.717, 1.165) is 4.57 Å². The number of hydrogen-bond donors (Lipinski definition) is 3. The number of hydrazone groups is 1. The molecule has 9 nitrogen and oxygen atoms in total. The first-order chi connectivity index (χ1) is 13.9. The number of nitrogens with zero attached hydrogens (tertiary/aromatic N) is 3. The molecule has 2 heterocycles. The molecule has 0 fully saturated rings. The molecule has 0 unspecified atom stereocenters. The molecule has 1 aromatic carbocycles. The van der Waals surface area contributed by atoms with Crippen LogP contribution in [0.1, 0.15) is 29.3 Å². The molecule has 0 radical (unpaired) electrons. The average molecular weight is 414 g/mol. The number of benzene rings is 1. The molecule has 3 N–H and O–H groups in total. The number of halogens is 1. The van der Waals surface area contributed by atoms with E-state index in [9.17, 15) is 19.5 Å². The predicted octanol–water partition coefficient (Wildman–Crippen LogP) is 1.82. The van der Waals surface area contributed by atoms with E-state index in [1.165, 1.54) is 48.8 Å². The maximum atomic E-state index is 12.4. The number of hydrogen-bond acceptors (Lipinski definition) is 6. The highest BCUT2D eigenvalue weighted by Crippen LogP contribution is 2.19. The summed E-state index contributed by atoms with van der Waals surface area (Å²) in [7, 11) is 0. The Bertz CT molecular complexity index is 1180. The molecule has 0 saturated heterocycles. The minimum atomic E-state index is -0.824. The van der Waals surface area contributed by atoms with Crippen LogP contribution in [0.15, 0.2) is 63.5 Å². The molecule has 29 heavy (non-hydrogen) atoms. The van der Waals surface area contributed by atoms with Gasteiger partial charge in [0, 0.05) is 23.0 Å². The second-order valence-corrected chi connectivity index (χ2v) is 6.30. The Balaban J connectivity index is 2.05. The van der Waals surface area contributed by atoms with E-state index < -0.39 is 23.0 Å². The van der Waals surface area contributed by atoms with Crippen molar-refractivity contribution in [1.29, 1.82) is 0 Å². The van der Waals surface area contributed by atoms with Gasteiger partial charge in [0.15, 0.2) is 0 Å². The molecule has 0 aliphatic carbocycles. The second kappa shape index (κ2) is 8.53. The Labute approximate surface area is 169 Å². The van der Waals surface area contributed by atoms with Crippen LogP contribution < -0.4 is 16.7 Å². The molecule has 148 valence electrons. The fourth-order valence-electron chi connectivity index (χ4n) is 2.61. The van der Waals surface area contributed by atoms with Gasteiger partial charge in [0.2, 0.25) is 5.88 Å². The zero-order valence-corrected chi connectivity index (χ0v) is 16.0. The lowest BCUT2D eigenvalue weighted by molar-refractivity contribution is 0.0954. The maximum absolute atomic E-state index is 12.4. The fourth-order valence-corrected chi connectivity index (χ4v) is 2.74. The highest BCUT2D eigenvalue weighted by molar-refractivity contribution is 6.30. The van der Waals surface area contributed by atoms with Gasteiger partial charge in [-0.3, -0.25) is 19.6 Å². The summed E-state index contributed by atoms with van der Waals surface area (Å²) in [6.07, 6.45) is 3.11. The largest absolute Gasteiger partial charge is 0.493 e. The normalized spacial score (nSPS) is 11.3. The quantitative estimate of drug-likeness (QED) is 0.434. The number of aromatic hydroxyl groups is 1. The van der Waals surface area contributed by atoms with E-state index in [1.807, 2.05) is 0 Å². The first-order valence-corrected chi connectivity index (χ1v) is 8.91. The van der Waals surface area contributed by atoms with Crippen molar-refractivity contribution in [3.05, 3.63) is 85.8 Å². The average Bonchev–Trinajstić information content (AvgIpc) is 2.72. The van der Waals surface area contributed by atoms with Gasteiger partial charge in [-0.2, -0.15) is 5.10 Å². The highest BCUT2D eigenvalue weighted by atomic mass is 35.5. The van der Waals surface area contributed by atoms with Crippen molar-refractivity contribution in [2.75, 3.05) is 0 Å². The number of aromatic nitrogens is 3. The molecule has 0 spiro atoms. The molecular weight excluding hydrogens is 398 g/mol. The Morgan fingerprint density at radius 1 is 1.21 bits per heavy atom. The third-order valence-corrected chi connectivity index (χ3v) is 4.28. The second-order valence-electron chi connectivity index (χ2n) is 5.86. The lowest BCUT2D eigenvalue weighted by Gasteiger charge is -2.12. The van der Waals surface area contributed by atoms with Crippen molar-refractivity contribution in [3.63, 3.8) is 0 Å². The van der Waals surface area contributed by atoms with Crippen LogP contribution in [0.2, 0.25) is 5.02 Å². The number of nitrogens with one attached hydrogen (secondary N) is 2. The van der Waals surface area contributed by atoms with Crippen LogP contribution >= 0.6 is 11.6 Å². The van der Waals surface area contributed by atoms with E-state index >= 15 is 0 Å². The van der Waals surface area contributed by atoms with E-state index in [4.69, 9.17) is 11.6 Å². The van der Waals surface area contributed by atoms with Crippen molar-refractivity contribution >= 4 is 23.2 Å². The van der Waals surface area contributed by atoms with Crippen LogP contribution in [-0.4, -0.2) is 31.3 Å². The van der Waals surface area contributed by atoms with Gasteiger partial charge in [0.25, 0.3) is 11.5 Å². The molecule has 0 aliphatic rings. The van der Waals surface area contributed by atoms with Crippen LogP contribution in [0.25, 0.3) is 5.69 Å². The van der Waals surface area contributed by atoms with E-state index in [1.54, 1.807) is 6.92 Å². The molecule has 3 rings (SSSR count). The minimum Gasteiger partial charge on any atom is -0.493 e. The van der Waals surface area contributed by atoms with Crippen LogP contribution in [0.3, 0.4) is 0 Å². The zero-order valence-electron chi connectivity index (χ0n) is 15.2. The summed E-state index contributed by atoms with van der Waals surface area (Å²) in [5, 5.41) is 15.1. The van der Waals surface area contributed by atoms with E-state index in [0.29, 0.717) is 16.3 Å². The van der Waals surface area contributed by atoms with E-state index in [2.05, 4.69) is 20.5 Å². The van der Waals surface area contributed by atoms with Crippen molar-refractivity contribution in [2.24, 2.45) is 5.10 Å². The number of pyridine rings is 1. The SMILES string of the molecule is CC/C(=N\NC(=O)c1ccncc1)c1c(O)n(-c2ccc(Cl)cc2)c(=O)[nH]c1=O. The number of carbonyl (C=O) groups excluding carboxylic acids is 1. The number of carbonyl (C=O) groups is 1. The Morgan fingerprint density at radius 2 is 1.86 bits per heavy atom. The lowest BCUT2D eigenvalue weighted by Crippen LogP contribution is -2.34. The number of H-pyrrole nitrogens is 1. The third-order valence-electron chi connectivity index (χ3n) is 4.03. The summed E-state index contributed by atoms with van der Waals surface area (Å²) in [4.78, 5) is 42.8. The van der Waals surface area contributed by atoms with Gasteiger partial charge in [0.1, 0.15) is 5.56 Å². The zero-order chi connectivity index (χ0) is 21.0. The van der Waals surface area contributed by atoms with Gasteiger partial charge in [-0.1, -0.05) is 18.5 Å². The summed E-state index contributed by atoms with van der Waals surface area (Å²) < 4.78 is 0.920. The van der Waals surface area contributed by atoms with Gasteiger partial charge in [-0.25, -0.2) is 14.8 Å². The van der Waals surface area contributed by atoms with Crippen molar-refractivity contribution in [3.8, 4) is 11.6 Å². The van der Waals surface area contributed by atoms with Gasteiger partial charge < -0.3 is 5.11 Å². The molecule has 1 amide bonds. The third kappa shape index (κ3) is 4.25. The van der Waals surface area contributed by atoms with Crippen LogP contribution in [0, 0.1) is 0 Å². The molecule has 2 aromatic heterocycles. The lowest BCUT2D eigenvalue weighted by atomic mass is 10.1. The summed E-state index contributed by atoms with van der Waals surface area (Å²) in [6.45, 7) is 1.69. The molecule has 0 saturated carbocycles.